The first kappa shape index (κ1) is 45.5. The van der Waals surface area contributed by atoms with Gasteiger partial charge in [0.05, 0.1) is 22.2 Å². The van der Waals surface area contributed by atoms with Crippen molar-refractivity contribution in [2.45, 2.75) is 63.2 Å². The van der Waals surface area contributed by atoms with Crippen molar-refractivity contribution in [1.29, 1.82) is 0 Å². The summed E-state index contributed by atoms with van der Waals surface area (Å²) in [7, 11) is 0. The number of anilines is 3. The molecule has 0 N–H and O–H groups in total. The van der Waals surface area contributed by atoms with E-state index < -0.39 is 10.8 Å². The van der Waals surface area contributed by atoms with Crippen LogP contribution in [-0.2, 0) is 21.7 Å². The predicted octanol–water partition coefficient (Wildman–Crippen LogP) is 19.5. The molecule has 2 aliphatic carbocycles. The van der Waals surface area contributed by atoms with Gasteiger partial charge >= 0.3 is 0 Å². The Kier molecular flexibility index (Phi) is 9.62. The molecule has 77 heavy (non-hydrogen) atoms. The van der Waals surface area contributed by atoms with Crippen LogP contribution in [0.5, 0.6) is 23.0 Å². The first-order valence-corrected chi connectivity index (χ1v) is 27.2. The average molecular weight is 992 g/mol. The van der Waals surface area contributed by atoms with E-state index in [1.807, 2.05) is 0 Å². The van der Waals surface area contributed by atoms with E-state index in [1.54, 1.807) is 0 Å². The SMILES string of the molecule is CC(C)(C)c1ccc2c(c1)C1(c3ccccc3Oc3c(N(c4ccc5c(c4)C4(c6ccccc6Oc6ccccc64)c4ccccc4-5)c4ccccc4-c4cccc5ccccc45)cccc31)c1cc(C(C)(C)C)ccc1-2. The molecule has 2 aliphatic heterocycles. The lowest BCUT2D eigenvalue weighted by molar-refractivity contribution is 0.436. The van der Waals surface area contributed by atoms with Crippen LogP contribution in [0.2, 0.25) is 0 Å². The van der Waals surface area contributed by atoms with Gasteiger partial charge in [-0.15, -0.1) is 0 Å². The second-order valence-electron chi connectivity index (χ2n) is 23.5. The fourth-order valence-corrected chi connectivity index (χ4v) is 13.8. The highest BCUT2D eigenvalue weighted by molar-refractivity contribution is 6.03. The zero-order chi connectivity index (χ0) is 52.0. The van der Waals surface area contributed by atoms with Gasteiger partial charge in [0.1, 0.15) is 17.2 Å². The van der Waals surface area contributed by atoms with Crippen molar-refractivity contribution in [3.8, 4) is 56.4 Å². The van der Waals surface area contributed by atoms with Gasteiger partial charge in [0.15, 0.2) is 5.75 Å². The minimum atomic E-state index is -0.715. The fourth-order valence-electron chi connectivity index (χ4n) is 13.8. The molecular formula is C74H57NO2. The lowest BCUT2D eigenvalue weighted by Crippen LogP contribution is -2.33. The van der Waals surface area contributed by atoms with Crippen LogP contribution in [0.25, 0.3) is 44.2 Å². The molecule has 15 rings (SSSR count). The van der Waals surface area contributed by atoms with Crippen molar-refractivity contribution in [2.24, 2.45) is 0 Å². The molecule has 11 aromatic carbocycles. The Labute approximate surface area is 451 Å². The number of nitrogens with zero attached hydrogens (tertiary/aromatic N) is 1. The topological polar surface area (TPSA) is 21.7 Å². The number of benzene rings is 11. The molecule has 2 spiro atoms. The lowest BCUT2D eigenvalue weighted by Gasteiger charge is -2.42. The van der Waals surface area contributed by atoms with Crippen LogP contribution in [0, 0.1) is 0 Å². The maximum atomic E-state index is 7.65. The number of para-hydroxylation sites is 5. The van der Waals surface area contributed by atoms with Gasteiger partial charge in [0.25, 0.3) is 0 Å². The molecule has 370 valence electrons. The van der Waals surface area contributed by atoms with Crippen molar-refractivity contribution in [1.82, 2.24) is 0 Å². The molecular weight excluding hydrogens is 935 g/mol. The van der Waals surface area contributed by atoms with Gasteiger partial charge in [-0.05, 0) is 125 Å². The minimum Gasteiger partial charge on any atom is -0.457 e. The van der Waals surface area contributed by atoms with Crippen LogP contribution in [0.1, 0.15) is 97.2 Å². The van der Waals surface area contributed by atoms with Gasteiger partial charge in [0, 0.05) is 33.5 Å². The first-order chi connectivity index (χ1) is 37.5. The van der Waals surface area contributed by atoms with Crippen molar-refractivity contribution < 1.29 is 9.47 Å². The Bertz CT molecular complexity index is 4160. The number of ether oxygens (including phenoxy) is 2. The third-order valence-corrected chi connectivity index (χ3v) is 17.3. The highest BCUT2D eigenvalue weighted by atomic mass is 16.5. The molecule has 0 unspecified atom stereocenters. The van der Waals surface area contributed by atoms with Crippen LogP contribution in [-0.4, -0.2) is 0 Å². The van der Waals surface area contributed by atoms with Gasteiger partial charge in [-0.3, -0.25) is 0 Å². The minimum absolute atomic E-state index is 0.0882. The van der Waals surface area contributed by atoms with Crippen LogP contribution in [0.3, 0.4) is 0 Å². The largest absolute Gasteiger partial charge is 0.457 e. The Morgan fingerprint density at radius 2 is 0.740 bits per heavy atom. The molecule has 4 aliphatic rings. The van der Waals surface area contributed by atoms with Gasteiger partial charge < -0.3 is 14.4 Å². The molecule has 0 atom stereocenters. The maximum absolute atomic E-state index is 7.65. The molecule has 0 saturated heterocycles. The van der Waals surface area contributed by atoms with Gasteiger partial charge in [-0.1, -0.05) is 236 Å². The maximum Gasteiger partial charge on any atom is 0.156 e. The van der Waals surface area contributed by atoms with Crippen molar-refractivity contribution in [3.63, 3.8) is 0 Å². The third-order valence-electron chi connectivity index (χ3n) is 17.3. The van der Waals surface area contributed by atoms with Crippen molar-refractivity contribution in [2.75, 3.05) is 4.90 Å². The molecule has 11 aromatic rings. The highest BCUT2D eigenvalue weighted by Crippen LogP contribution is 2.66. The van der Waals surface area contributed by atoms with Crippen molar-refractivity contribution in [3.05, 3.63) is 292 Å². The third kappa shape index (κ3) is 6.32. The van der Waals surface area contributed by atoms with Crippen LogP contribution in [0.4, 0.5) is 17.1 Å². The summed E-state index contributed by atoms with van der Waals surface area (Å²) in [4.78, 5) is 2.50. The predicted molar refractivity (Wildman–Crippen MR) is 316 cm³/mol. The highest BCUT2D eigenvalue weighted by Gasteiger charge is 2.54. The van der Waals surface area contributed by atoms with Gasteiger partial charge in [-0.25, -0.2) is 0 Å². The molecule has 0 radical (unpaired) electrons. The molecule has 3 heteroatoms. The quantitative estimate of drug-likeness (QED) is 0.175. The van der Waals surface area contributed by atoms with E-state index >= 15 is 0 Å². The first-order valence-electron chi connectivity index (χ1n) is 27.2. The standard InChI is InChI=1S/C74H57NO2/c1-71(2,3)47-37-40-53-54-41-38-48(72(4,5)6)44-63(54)74(62(53)43-47)60-30-14-18-36-69(60)77-70-61(74)31-20-33-66(70)75(65-32-15-10-25-56(65)51-26-19-22-46-21-7-8-23-50(46)51)49-39-42-55-52-24-9-11-27-57(52)73(64(55)45-49)58-28-12-16-34-67(58)76-68-35-17-13-29-59(68)73/h7-45H,1-6H3. The van der Waals surface area contributed by atoms with E-state index in [0.717, 1.165) is 73.4 Å². The zero-order valence-corrected chi connectivity index (χ0v) is 44.3. The summed E-state index contributed by atoms with van der Waals surface area (Å²) in [5.74, 6) is 3.43. The molecule has 0 saturated carbocycles. The van der Waals surface area contributed by atoms with Crippen LogP contribution in [0.15, 0.2) is 237 Å². The van der Waals surface area contributed by atoms with Crippen LogP contribution >= 0.6 is 0 Å². The molecule has 0 amide bonds. The fraction of sp³-hybridized carbons (Fsp3) is 0.135. The second-order valence-corrected chi connectivity index (χ2v) is 23.5. The monoisotopic (exact) mass is 991 g/mol. The smallest absolute Gasteiger partial charge is 0.156 e. The Morgan fingerprint density at radius 1 is 0.312 bits per heavy atom. The summed E-state index contributed by atoms with van der Waals surface area (Å²) < 4.78 is 14.5. The number of rotatable bonds is 4. The Balaban J connectivity index is 1.06. The Hall–Kier alpha value is -8.92. The van der Waals surface area contributed by atoms with E-state index in [2.05, 4.69) is 283 Å². The van der Waals surface area contributed by atoms with E-state index in [9.17, 15) is 0 Å². The van der Waals surface area contributed by atoms with Crippen molar-refractivity contribution >= 4 is 27.8 Å². The molecule has 0 aromatic heterocycles. The Morgan fingerprint density at radius 3 is 1.38 bits per heavy atom. The second kappa shape index (κ2) is 16.3. The van der Waals surface area contributed by atoms with Crippen LogP contribution < -0.4 is 14.4 Å². The summed E-state index contributed by atoms with van der Waals surface area (Å²) in [6.07, 6.45) is 0. The van der Waals surface area contributed by atoms with E-state index in [0.29, 0.717) is 0 Å². The summed E-state index contributed by atoms with van der Waals surface area (Å²) in [6, 6.07) is 88.0. The van der Waals surface area contributed by atoms with E-state index in [-0.39, 0.29) is 10.8 Å². The molecule has 3 nitrogen and oxygen atoms in total. The average Bonchev–Trinajstić information content (AvgIpc) is 3.92. The number of hydrogen-bond donors (Lipinski definition) is 0. The lowest BCUT2D eigenvalue weighted by atomic mass is 9.64. The zero-order valence-electron chi connectivity index (χ0n) is 44.3. The molecule has 2 heterocycles. The molecule has 0 fully saturated rings. The summed E-state index contributed by atoms with van der Waals surface area (Å²) in [5, 5.41) is 2.39. The summed E-state index contributed by atoms with van der Waals surface area (Å²) in [5.41, 5.74) is 20.9. The summed E-state index contributed by atoms with van der Waals surface area (Å²) >= 11 is 0. The van der Waals surface area contributed by atoms with E-state index in [4.69, 9.17) is 9.47 Å². The number of hydrogen-bond acceptors (Lipinski definition) is 3. The molecule has 0 bridgehead atoms. The normalized spacial score (nSPS) is 14.5. The summed E-state index contributed by atoms with van der Waals surface area (Å²) in [6.45, 7) is 14.0. The van der Waals surface area contributed by atoms with Gasteiger partial charge in [-0.2, -0.15) is 0 Å². The van der Waals surface area contributed by atoms with Gasteiger partial charge in [0.2, 0.25) is 0 Å². The van der Waals surface area contributed by atoms with E-state index in [1.165, 1.54) is 66.4 Å². The number of fused-ring (bicyclic) bond motifs is 19.